The number of Topliss-reactive ketones (excluding diaryl/α,β-unsaturated/α-hetero) is 1. The molecular weight excluding hydrogens is 558 g/mol. The van der Waals surface area contributed by atoms with Crippen LogP contribution in [0.5, 0.6) is 11.5 Å². The van der Waals surface area contributed by atoms with Crippen molar-refractivity contribution in [2.24, 2.45) is 0 Å². The molecule has 2 aliphatic carbocycles. The van der Waals surface area contributed by atoms with E-state index in [1.807, 2.05) is 13.1 Å². The van der Waals surface area contributed by atoms with E-state index in [1.165, 1.54) is 6.92 Å². The molecule has 11 nitrogen and oxygen atoms in total. The number of carbonyl (C=O) groups is 4. The lowest BCUT2D eigenvalue weighted by atomic mass is 9.50. The van der Waals surface area contributed by atoms with Crippen molar-refractivity contribution < 1.29 is 48.3 Å². The Morgan fingerprint density at radius 1 is 1.09 bits per heavy atom. The Labute approximate surface area is 248 Å². The predicted octanol–water partition coefficient (Wildman–Crippen LogP) is 2.41. The molecule has 0 aromatic heterocycles. The number of aliphatic hydroxyl groups is 1. The number of ether oxygens (including phenoxy) is 4. The highest BCUT2D eigenvalue weighted by Gasteiger charge is 2.72. The summed E-state index contributed by atoms with van der Waals surface area (Å²) < 4.78 is 22.6. The number of esters is 3. The molecule has 0 radical (unpaired) electrons. The van der Waals surface area contributed by atoms with Crippen molar-refractivity contribution >= 4 is 23.7 Å². The van der Waals surface area contributed by atoms with Crippen LogP contribution in [-0.4, -0.2) is 76.2 Å². The molecule has 2 N–H and O–H groups in total. The highest BCUT2D eigenvalue weighted by molar-refractivity contribution is 5.88. The van der Waals surface area contributed by atoms with Crippen LogP contribution < -0.4 is 4.74 Å². The first-order valence-corrected chi connectivity index (χ1v) is 14.2. The molecule has 2 heterocycles. The second-order valence-corrected chi connectivity index (χ2v) is 11.7. The lowest BCUT2D eigenvalue weighted by Crippen LogP contribution is -2.74. The van der Waals surface area contributed by atoms with Crippen LogP contribution in [0.2, 0.25) is 0 Å². The smallest absolute Gasteiger partial charge is 0.349 e. The van der Waals surface area contributed by atoms with Gasteiger partial charge in [0.2, 0.25) is 6.10 Å². The molecule has 1 fully saturated rings. The first-order chi connectivity index (χ1) is 20.5. The molecule has 2 bridgehead atoms. The van der Waals surface area contributed by atoms with Crippen LogP contribution in [0.25, 0.3) is 0 Å². The normalized spacial score (nSPS) is 28.0. The predicted molar refractivity (Wildman–Crippen MR) is 149 cm³/mol. The molecule has 0 unspecified atom stereocenters. The van der Waals surface area contributed by atoms with Crippen molar-refractivity contribution in [1.82, 2.24) is 4.90 Å². The number of nitrogens with zero attached hydrogens (tertiary/aromatic N) is 1. The number of benzene rings is 2. The summed E-state index contributed by atoms with van der Waals surface area (Å²) >= 11 is 0. The van der Waals surface area contributed by atoms with Gasteiger partial charge < -0.3 is 34.1 Å². The van der Waals surface area contributed by atoms with Gasteiger partial charge in [-0.2, -0.15) is 0 Å². The minimum absolute atomic E-state index is 0.0657. The van der Waals surface area contributed by atoms with E-state index in [0.717, 1.165) is 18.1 Å². The molecule has 43 heavy (non-hydrogen) atoms. The van der Waals surface area contributed by atoms with Crippen molar-refractivity contribution in [3.05, 3.63) is 71.0 Å². The van der Waals surface area contributed by atoms with Gasteiger partial charge >= 0.3 is 17.9 Å². The molecular formula is C32H33NO10. The molecule has 0 saturated carbocycles. The molecule has 2 aromatic carbocycles. The van der Waals surface area contributed by atoms with Gasteiger partial charge in [0.05, 0.1) is 17.4 Å². The van der Waals surface area contributed by atoms with Gasteiger partial charge in [-0.25, -0.2) is 4.79 Å². The average Bonchev–Trinajstić information content (AvgIpc) is 3.32. The highest BCUT2D eigenvalue weighted by Crippen LogP contribution is 2.65. The number of ketones is 1. The monoisotopic (exact) mass is 591 g/mol. The van der Waals surface area contributed by atoms with Crippen LogP contribution in [0.4, 0.5) is 0 Å². The molecule has 2 aromatic rings. The summed E-state index contributed by atoms with van der Waals surface area (Å²) in [5.74, 6) is -2.92. The van der Waals surface area contributed by atoms with Crippen LogP contribution in [-0.2, 0) is 45.2 Å². The molecule has 226 valence electrons. The molecule has 2 aliphatic heterocycles. The second kappa shape index (κ2) is 10.5. The quantitative estimate of drug-likeness (QED) is 0.344. The van der Waals surface area contributed by atoms with E-state index < -0.39 is 59.4 Å². The number of hydrogen-bond donors (Lipinski definition) is 2. The molecule has 1 spiro atoms. The van der Waals surface area contributed by atoms with E-state index in [1.54, 1.807) is 42.5 Å². The highest BCUT2D eigenvalue weighted by atomic mass is 16.6. The number of carbonyl (C=O) groups excluding carboxylic acids is 4. The van der Waals surface area contributed by atoms with Gasteiger partial charge in [0.1, 0.15) is 5.76 Å². The zero-order valence-electron chi connectivity index (χ0n) is 24.1. The number of rotatable bonds is 8. The second-order valence-electron chi connectivity index (χ2n) is 11.7. The third-order valence-corrected chi connectivity index (χ3v) is 9.21. The van der Waals surface area contributed by atoms with E-state index in [4.69, 9.17) is 18.9 Å². The van der Waals surface area contributed by atoms with Gasteiger partial charge in [-0.05, 0) is 56.6 Å². The number of likely N-dealkylation sites (tertiary alicyclic amines) is 1. The number of phenolic OH excluding ortho intramolecular Hbond substituents is 1. The van der Waals surface area contributed by atoms with Gasteiger partial charge in [-0.1, -0.05) is 36.4 Å². The van der Waals surface area contributed by atoms with Crippen molar-refractivity contribution in [3.8, 4) is 11.5 Å². The third kappa shape index (κ3) is 4.49. The van der Waals surface area contributed by atoms with Crippen molar-refractivity contribution in [2.75, 3.05) is 13.6 Å². The van der Waals surface area contributed by atoms with E-state index in [2.05, 4.69) is 4.90 Å². The number of likely N-dealkylation sites (N-methyl/N-ethyl adjacent to an activating group) is 1. The van der Waals surface area contributed by atoms with Gasteiger partial charge in [-0.3, -0.25) is 14.4 Å². The minimum Gasteiger partial charge on any atom is -0.504 e. The largest absolute Gasteiger partial charge is 0.504 e. The average molecular weight is 592 g/mol. The van der Waals surface area contributed by atoms with Crippen molar-refractivity contribution in [2.45, 2.75) is 74.9 Å². The molecule has 1 saturated heterocycles. The van der Waals surface area contributed by atoms with Crippen molar-refractivity contribution in [1.29, 1.82) is 0 Å². The summed E-state index contributed by atoms with van der Waals surface area (Å²) in [6.07, 6.45) is -1.67. The Hall–Kier alpha value is -4.22. The zero-order valence-corrected chi connectivity index (χ0v) is 24.1. The lowest BCUT2D eigenvalue weighted by Gasteiger charge is -2.61. The van der Waals surface area contributed by atoms with Crippen LogP contribution >= 0.6 is 0 Å². The fraction of sp³-hybridized carbons (Fsp3) is 0.438. The summed E-state index contributed by atoms with van der Waals surface area (Å²) in [5, 5.41) is 22.9. The Morgan fingerprint density at radius 3 is 2.53 bits per heavy atom. The van der Waals surface area contributed by atoms with Crippen LogP contribution in [0, 0.1) is 0 Å². The fourth-order valence-corrected chi connectivity index (χ4v) is 7.34. The van der Waals surface area contributed by atoms with E-state index in [9.17, 15) is 29.4 Å². The summed E-state index contributed by atoms with van der Waals surface area (Å²) in [5.41, 5.74) is -0.0789. The van der Waals surface area contributed by atoms with E-state index >= 15 is 0 Å². The molecule has 0 amide bonds. The Bertz CT molecular complexity index is 1540. The summed E-state index contributed by atoms with van der Waals surface area (Å²) in [4.78, 5) is 52.6. The standard InChI is InChI=1S/C32H33NO10/c1-17(34)27(19-7-5-4-6-8-19)43-30(38)23(40-18(2)35)16-25(37)41-22-11-12-32(39)24-15-20-9-10-21(36)28-26(20)31(32,29(22)42-28)13-14-33(24)3/h4-11,23-24,27,29,36,39H,12-16H2,1-3H3/t23-,24+,27+,29-,31-,32+/m0/s1. The number of phenols is 1. The summed E-state index contributed by atoms with van der Waals surface area (Å²) in [6, 6.07) is 11.5. The van der Waals surface area contributed by atoms with Crippen LogP contribution in [0.1, 0.15) is 55.9 Å². The summed E-state index contributed by atoms with van der Waals surface area (Å²) in [6.45, 7) is 3.00. The topological polar surface area (TPSA) is 149 Å². The first kappa shape index (κ1) is 28.9. The first-order valence-electron chi connectivity index (χ1n) is 14.2. The lowest BCUT2D eigenvalue weighted by molar-refractivity contribution is -0.177. The Morgan fingerprint density at radius 2 is 1.84 bits per heavy atom. The van der Waals surface area contributed by atoms with E-state index in [0.29, 0.717) is 24.9 Å². The molecule has 6 rings (SSSR count). The van der Waals surface area contributed by atoms with Crippen LogP contribution in [0.15, 0.2) is 54.3 Å². The Kier molecular flexibility index (Phi) is 7.05. The fourth-order valence-electron chi connectivity index (χ4n) is 7.34. The van der Waals surface area contributed by atoms with Gasteiger partial charge in [0, 0.05) is 24.9 Å². The minimum atomic E-state index is -1.67. The molecule has 6 atom stereocenters. The molecule has 11 heteroatoms. The van der Waals surface area contributed by atoms with E-state index in [-0.39, 0.29) is 29.7 Å². The molecule has 4 aliphatic rings. The van der Waals surface area contributed by atoms with Gasteiger partial charge in [0.25, 0.3) is 0 Å². The van der Waals surface area contributed by atoms with Crippen molar-refractivity contribution in [3.63, 3.8) is 0 Å². The zero-order chi connectivity index (χ0) is 30.7. The number of piperidine rings is 1. The summed E-state index contributed by atoms with van der Waals surface area (Å²) in [7, 11) is 1.97. The maximum absolute atomic E-state index is 13.3. The SMILES string of the molecule is CC(=O)O[C@@H](CC(=O)OC1=CC[C@@]2(O)[C@H]3Cc4ccc(O)c5c4[C@@]2(CCN3C)[C@H]1O5)C(=O)O[C@H](C(C)=O)c1ccccc1. The van der Waals surface area contributed by atoms with Crippen LogP contribution in [0.3, 0.4) is 0 Å². The van der Waals surface area contributed by atoms with Gasteiger partial charge in [-0.15, -0.1) is 0 Å². The third-order valence-electron chi connectivity index (χ3n) is 9.21. The number of hydrogen-bond acceptors (Lipinski definition) is 11. The Balaban J connectivity index is 1.25. The maximum Gasteiger partial charge on any atom is 0.349 e. The van der Waals surface area contributed by atoms with Gasteiger partial charge in [0.15, 0.2) is 29.5 Å². The maximum atomic E-state index is 13.3. The number of aromatic hydroxyl groups is 1.